The molecule has 1 saturated heterocycles. The van der Waals surface area contributed by atoms with Crippen molar-refractivity contribution in [2.45, 2.75) is 49.7 Å². The Bertz CT molecular complexity index is 1360. The third-order valence-corrected chi connectivity index (χ3v) is 7.33. The van der Waals surface area contributed by atoms with Crippen LogP contribution in [0.1, 0.15) is 35.7 Å². The first-order chi connectivity index (χ1) is 19.6. The lowest BCUT2D eigenvalue weighted by Crippen LogP contribution is -2.60. The molecule has 3 aromatic rings. The maximum Gasteiger partial charge on any atom is 0.247 e. The number of anilines is 1. The fourth-order valence-corrected chi connectivity index (χ4v) is 4.74. The van der Waals surface area contributed by atoms with Crippen LogP contribution in [0.2, 0.25) is 0 Å². The van der Waals surface area contributed by atoms with Crippen molar-refractivity contribution in [3.8, 4) is 5.75 Å². The number of halogens is 1. The largest absolute Gasteiger partial charge is 0.462 e. The third-order valence-electron chi connectivity index (χ3n) is 6.80. The molecule has 0 aromatic heterocycles. The van der Waals surface area contributed by atoms with Crippen molar-refractivity contribution in [1.82, 2.24) is 5.32 Å². The molecule has 12 heteroatoms. The Hall–Kier alpha value is -3.52. The molecule has 9 N–H and O–H groups in total. The summed E-state index contributed by atoms with van der Waals surface area (Å²) in [5, 5.41) is 54.4. The predicted octanol–water partition coefficient (Wildman–Crippen LogP) is 1.94. The summed E-state index contributed by atoms with van der Waals surface area (Å²) >= 11 is 3.41. The van der Waals surface area contributed by atoms with Crippen molar-refractivity contribution in [3.63, 3.8) is 0 Å². The zero-order valence-corrected chi connectivity index (χ0v) is 23.7. The highest BCUT2D eigenvalue weighted by atomic mass is 79.9. The van der Waals surface area contributed by atoms with Gasteiger partial charge >= 0.3 is 0 Å². The van der Waals surface area contributed by atoms with E-state index in [4.69, 9.17) is 20.6 Å². The maximum atomic E-state index is 13.8. The summed E-state index contributed by atoms with van der Waals surface area (Å²) in [5.41, 5.74) is 7.89. The van der Waals surface area contributed by atoms with E-state index in [9.17, 15) is 25.2 Å². The number of amidine groups is 1. The summed E-state index contributed by atoms with van der Waals surface area (Å²) in [5.74, 6) is -0.383. The lowest BCUT2D eigenvalue weighted by Gasteiger charge is -2.40. The van der Waals surface area contributed by atoms with Gasteiger partial charge in [0.05, 0.1) is 12.6 Å². The second-order valence-corrected chi connectivity index (χ2v) is 10.6. The van der Waals surface area contributed by atoms with Crippen LogP contribution >= 0.6 is 15.9 Å². The van der Waals surface area contributed by atoms with E-state index >= 15 is 0 Å². The summed E-state index contributed by atoms with van der Waals surface area (Å²) in [6, 6.07) is 19.5. The van der Waals surface area contributed by atoms with E-state index in [0.717, 1.165) is 10.0 Å². The molecular weight excluding hydrogens is 596 g/mol. The number of para-hydroxylation sites is 1. The Morgan fingerprint density at radius 1 is 1.05 bits per heavy atom. The summed E-state index contributed by atoms with van der Waals surface area (Å²) < 4.78 is 12.4. The standard InChI is InChI=1S/C29H33BrN4O7/c1-15(16-9-11-18(30)12-10-16)33-28(39)23(34-19-6-4-5-17(13-19)27(31)32)20-7-2-3-8-21(20)40-29-26(38)25(37)24(36)22(14-35)41-29/h2-13,15,22-26,29,34-38H,14H2,1H3,(H3,31,32)(H,33,39). The molecule has 3 aromatic carbocycles. The monoisotopic (exact) mass is 628 g/mol. The lowest BCUT2D eigenvalue weighted by atomic mass is 9.99. The number of aliphatic hydroxyl groups excluding tert-OH is 4. The van der Waals surface area contributed by atoms with E-state index in [0.29, 0.717) is 16.8 Å². The molecule has 7 atom stereocenters. The number of hydrogen-bond acceptors (Lipinski definition) is 9. The summed E-state index contributed by atoms with van der Waals surface area (Å²) in [7, 11) is 0. The van der Waals surface area contributed by atoms with Crippen LogP contribution in [0, 0.1) is 5.41 Å². The number of ether oxygens (including phenoxy) is 2. The van der Waals surface area contributed by atoms with Crippen LogP contribution in [0.4, 0.5) is 5.69 Å². The number of carbonyl (C=O) groups is 1. The van der Waals surface area contributed by atoms with Crippen LogP contribution in [0.5, 0.6) is 5.75 Å². The molecule has 0 bridgehead atoms. The molecule has 218 valence electrons. The molecule has 0 saturated carbocycles. The number of benzene rings is 3. The van der Waals surface area contributed by atoms with Crippen molar-refractivity contribution >= 4 is 33.4 Å². The Morgan fingerprint density at radius 3 is 2.44 bits per heavy atom. The first kappa shape index (κ1) is 30.4. The normalized spacial score (nSPS) is 23.7. The first-order valence-electron chi connectivity index (χ1n) is 12.9. The fraction of sp³-hybridized carbons (Fsp3) is 0.310. The Kier molecular flexibility index (Phi) is 9.97. The third kappa shape index (κ3) is 7.22. The maximum absolute atomic E-state index is 13.8. The quantitative estimate of drug-likeness (QED) is 0.122. The lowest BCUT2D eigenvalue weighted by molar-refractivity contribution is -0.277. The van der Waals surface area contributed by atoms with Gasteiger partial charge in [0.2, 0.25) is 12.2 Å². The molecule has 0 aliphatic carbocycles. The van der Waals surface area contributed by atoms with Gasteiger partial charge in [-0.3, -0.25) is 10.2 Å². The van der Waals surface area contributed by atoms with Gasteiger partial charge in [0.25, 0.3) is 0 Å². The number of carbonyl (C=O) groups excluding carboxylic acids is 1. The van der Waals surface area contributed by atoms with Crippen LogP contribution in [0.25, 0.3) is 0 Å². The average Bonchev–Trinajstić information content (AvgIpc) is 2.97. The Labute approximate surface area is 245 Å². The minimum Gasteiger partial charge on any atom is -0.462 e. The molecule has 4 rings (SSSR count). The molecule has 41 heavy (non-hydrogen) atoms. The SMILES string of the molecule is CC(NC(=O)C(Nc1cccc(C(=N)N)c1)c1ccccc1OC1OC(CO)C(O)C(O)C1O)c1ccc(Br)cc1. The van der Waals surface area contributed by atoms with Gasteiger partial charge in [0, 0.05) is 21.3 Å². The second kappa shape index (κ2) is 13.4. The van der Waals surface area contributed by atoms with Crippen LogP contribution < -0.4 is 21.1 Å². The minimum absolute atomic E-state index is 0.134. The van der Waals surface area contributed by atoms with Gasteiger partial charge in [0.1, 0.15) is 42.0 Å². The van der Waals surface area contributed by atoms with Crippen molar-refractivity contribution in [1.29, 1.82) is 5.41 Å². The van der Waals surface area contributed by atoms with Crippen LogP contribution in [0.15, 0.2) is 77.3 Å². The number of rotatable bonds is 10. The summed E-state index contributed by atoms with van der Waals surface area (Å²) in [4.78, 5) is 13.8. The summed E-state index contributed by atoms with van der Waals surface area (Å²) in [6.07, 6.45) is -7.41. The molecule has 1 heterocycles. The van der Waals surface area contributed by atoms with Gasteiger partial charge in [-0.2, -0.15) is 0 Å². The highest BCUT2D eigenvalue weighted by Crippen LogP contribution is 2.32. The van der Waals surface area contributed by atoms with Gasteiger partial charge in [-0.1, -0.05) is 58.4 Å². The number of hydrogen-bond donors (Lipinski definition) is 8. The van der Waals surface area contributed by atoms with Crippen LogP contribution in [0.3, 0.4) is 0 Å². The van der Waals surface area contributed by atoms with Crippen LogP contribution in [-0.2, 0) is 9.53 Å². The highest BCUT2D eigenvalue weighted by Gasteiger charge is 2.45. The number of aliphatic hydroxyl groups is 4. The first-order valence-corrected chi connectivity index (χ1v) is 13.7. The van der Waals surface area contributed by atoms with Gasteiger partial charge in [-0.15, -0.1) is 0 Å². The van der Waals surface area contributed by atoms with Gasteiger partial charge in [-0.05, 0) is 42.8 Å². The molecule has 11 nitrogen and oxygen atoms in total. The Morgan fingerprint density at radius 2 is 1.76 bits per heavy atom. The molecule has 0 radical (unpaired) electrons. The smallest absolute Gasteiger partial charge is 0.247 e. The second-order valence-electron chi connectivity index (χ2n) is 9.71. The topological polar surface area (TPSA) is 190 Å². The van der Waals surface area contributed by atoms with E-state index in [1.807, 2.05) is 31.2 Å². The summed E-state index contributed by atoms with van der Waals surface area (Å²) in [6.45, 7) is 1.24. The molecule has 1 aliphatic rings. The average molecular weight is 630 g/mol. The fourth-order valence-electron chi connectivity index (χ4n) is 4.48. The zero-order valence-electron chi connectivity index (χ0n) is 22.1. The van der Waals surface area contributed by atoms with E-state index in [1.54, 1.807) is 48.5 Å². The van der Waals surface area contributed by atoms with Gasteiger partial charge < -0.3 is 46.3 Å². The number of nitrogen functional groups attached to an aromatic ring is 1. The Balaban J connectivity index is 1.67. The van der Waals surface area contributed by atoms with Crippen LogP contribution in [-0.4, -0.2) is 69.5 Å². The zero-order chi connectivity index (χ0) is 29.7. The number of amides is 1. The van der Waals surface area contributed by atoms with Crippen molar-refractivity contribution in [2.75, 3.05) is 11.9 Å². The molecule has 1 fully saturated rings. The van der Waals surface area contributed by atoms with Gasteiger partial charge in [-0.25, -0.2) is 0 Å². The van der Waals surface area contributed by atoms with E-state index in [-0.39, 0.29) is 17.6 Å². The van der Waals surface area contributed by atoms with E-state index < -0.39 is 49.3 Å². The predicted molar refractivity (Wildman–Crippen MR) is 155 cm³/mol. The molecule has 7 unspecified atom stereocenters. The number of nitrogens with one attached hydrogen (secondary N) is 3. The van der Waals surface area contributed by atoms with Gasteiger partial charge in [0.15, 0.2) is 0 Å². The van der Waals surface area contributed by atoms with E-state index in [2.05, 4.69) is 26.6 Å². The molecule has 1 aliphatic heterocycles. The van der Waals surface area contributed by atoms with Crippen molar-refractivity contribution in [3.05, 3.63) is 94.0 Å². The van der Waals surface area contributed by atoms with E-state index in [1.165, 1.54) is 0 Å². The van der Waals surface area contributed by atoms with Crippen molar-refractivity contribution in [2.24, 2.45) is 5.73 Å². The molecule has 1 amide bonds. The number of nitrogens with two attached hydrogens (primary N) is 1. The highest BCUT2D eigenvalue weighted by molar-refractivity contribution is 9.10. The van der Waals surface area contributed by atoms with Crippen molar-refractivity contribution < 1.29 is 34.7 Å². The minimum atomic E-state index is -1.63. The molecule has 0 spiro atoms. The molecular formula is C29H33BrN4O7.